The van der Waals surface area contributed by atoms with Crippen molar-refractivity contribution in [2.45, 2.75) is 13.3 Å². The van der Waals surface area contributed by atoms with E-state index in [2.05, 4.69) is 16.0 Å². The molecule has 0 heterocycles. The van der Waals surface area contributed by atoms with E-state index in [0.29, 0.717) is 18.8 Å². The highest BCUT2D eigenvalue weighted by molar-refractivity contribution is 5.77. The van der Waals surface area contributed by atoms with Gasteiger partial charge in [-0.3, -0.25) is 19.7 Å². The molecule has 0 saturated carbocycles. The fraction of sp³-hybridized carbons (Fsp3) is 0.385. The molecular formula is C13H18N4O4. The van der Waals surface area contributed by atoms with E-state index < -0.39 is 4.92 Å². The summed E-state index contributed by atoms with van der Waals surface area (Å²) in [6.07, 6.45) is 0.187. The number of nitro benzene ring substituents is 1. The largest absolute Gasteiger partial charge is 0.379 e. The lowest BCUT2D eigenvalue weighted by molar-refractivity contribution is -0.384. The number of benzene rings is 1. The molecule has 0 aliphatic carbocycles. The van der Waals surface area contributed by atoms with Gasteiger partial charge in [-0.15, -0.1) is 0 Å². The number of nitro groups is 1. The number of hydrogen-bond donors (Lipinski definition) is 3. The zero-order chi connectivity index (χ0) is 15.7. The molecule has 8 nitrogen and oxygen atoms in total. The maximum absolute atomic E-state index is 11.5. The van der Waals surface area contributed by atoms with Crippen molar-refractivity contribution in [3.63, 3.8) is 0 Å². The SMILES string of the molecule is CC(=O)NCCNC(=O)CCNc1ccccc1[N+](=O)[O-]. The minimum Gasteiger partial charge on any atom is -0.379 e. The van der Waals surface area contributed by atoms with Gasteiger partial charge in [0.15, 0.2) is 0 Å². The molecule has 1 aromatic carbocycles. The molecule has 0 radical (unpaired) electrons. The minimum absolute atomic E-state index is 0.0245. The van der Waals surface area contributed by atoms with Crippen LogP contribution in [0.2, 0.25) is 0 Å². The molecule has 0 fully saturated rings. The van der Waals surface area contributed by atoms with Gasteiger partial charge in [0.05, 0.1) is 4.92 Å². The first kappa shape index (κ1) is 16.4. The van der Waals surface area contributed by atoms with Crippen LogP contribution in [0.3, 0.4) is 0 Å². The topological polar surface area (TPSA) is 113 Å². The Labute approximate surface area is 122 Å². The summed E-state index contributed by atoms with van der Waals surface area (Å²) in [6, 6.07) is 6.25. The van der Waals surface area contributed by atoms with E-state index in [1.165, 1.54) is 13.0 Å². The Morgan fingerprint density at radius 2 is 1.81 bits per heavy atom. The summed E-state index contributed by atoms with van der Waals surface area (Å²) in [5.41, 5.74) is 0.358. The molecule has 0 atom stereocenters. The van der Waals surface area contributed by atoms with Gasteiger partial charge in [0.1, 0.15) is 5.69 Å². The number of hydrogen-bond acceptors (Lipinski definition) is 5. The monoisotopic (exact) mass is 294 g/mol. The fourth-order valence-corrected chi connectivity index (χ4v) is 1.62. The van der Waals surface area contributed by atoms with Crippen LogP contribution in [0.15, 0.2) is 24.3 Å². The van der Waals surface area contributed by atoms with Gasteiger partial charge in [0.2, 0.25) is 11.8 Å². The smallest absolute Gasteiger partial charge is 0.292 e. The molecule has 0 bridgehead atoms. The average molecular weight is 294 g/mol. The van der Waals surface area contributed by atoms with E-state index in [9.17, 15) is 19.7 Å². The molecule has 0 aliphatic heterocycles. The van der Waals surface area contributed by atoms with Gasteiger partial charge in [0, 0.05) is 39.0 Å². The van der Waals surface area contributed by atoms with Crippen molar-refractivity contribution in [2.75, 3.05) is 25.0 Å². The molecule has 21 heavy (non-hydrogen) atoms. The summed E-state index contributed by atoms with van der Waals surface area (Å²) in [4.78, 5) is 32.4. The molecule has 3 N–H and O–H groups in total. The highest BCUT2D eigenvalue weighted by Crippen LogP contribution is 2.22. The number of carbonyl (C=O) groups excluding carboxylic acids is 2. The summed E-state index contributed by atoms with van der Waals surface area (Å²) in [6.45, 7) is 2.41. The van der Waals surface area contributed by atoms with Crippen molar-refractivity contribution in [1.29, 1.82) is 0 Å². The number of amides is 2. The number of anilines is 1. The maximum Gasteiger partial charge on any atom is 0.292 e. The van der Waals surface area contributed by atoms with Crippen molar-refractivity contribution in [3.05, 3.63) is 34.4 Å². The zero-order valence-electron chi connectivity index (χ0n) is 11.7. The van der Waals surface area contributed by atoms with Gasteiger partial charge in [-0.1, -0.05) is 12.1 Å². The fourth-order valence-electron chi connectivity index (χ4n) is 1.62. The first-order valence-electron chi connectivity index (χ1n) is 6.49. The predicted octanol–water partition coefficient (Wildman–Crippen LogP) is 0.649. The summed E-state index contributed by atoms with van der Waals surface area (Å²) in [5.74, 6) is -0.339. The first-order valence-corrected chi connectivity index (χ1v) is 6.49. The van der Waals surface area contributed by atoms with Crippen LogP contribution < -0.4 is 16.0 Å². The van der Waals surface area contributed by atoms with Gasteiger partial charge < -0.3 is 16.0 Å². The molecule has 8 heteroatoms. The molecule has 0 aromatic heterocycles. The molecule has 0 saturated heterocycles. The Balaban J connectivity index is 2.29. The second-order valence-corrected chi connectivity index (χ2v) is 4.28. The summed E-state index contributed by atoms with van der Waals surface area (Å²) in [7, 11) is 0. The van der Waals surface area contributed by atoms with Gasteiger partial charge in [-0.05, 0) is 6.07 Å². The predicted molar refractivity (Wildman–Crippen MR) is 77.9 cm³/mol. The highest BCUT2D eigenvalue weighted by Gasteiger charge is 2.11. The third kappa shape index (κ3) is 6.37. The number of rotatable bonds is 8. The van der Waals surface area contributed by atoms with Crippen LogP contribution in [0.5, 0.6) is 0 Å². The van der Waals surface area contributed by atoms with E-state index in [0.717, 1.165) is 0 Å². The maximum atomic E-state index is 11.5. The molecule has 0 aliphatic rings. The third-order valence-corrected chi connectivity index (χ3v) is 2.59. The van der Waals surface area contributed by atoms with Gasteiger partial charge in [-0.2, -0.15) is 0 Å². The van der Waals surface area contributed by atoms with E-state index in [1.807, 2.05) is 0 Å². The van der Waals surface area contributed by atoms with Crippen molar-refractivity contribution in [2.24, 2.45) is 0 Å². The standard InChI is InChI=1S/C13H18N4O4/c1-10(18)14-8-9-16-13(19)6-7-15-11-4-2-3-5-12(11)17(20)21/h2-5,15H,6-9H2,1H3,(H,14,18)(H,16,19). The Morgan fingerprint density at radius 1 is 1.14 bits per heavy atom. The van der Waals surface area contributed by atoms with Crippen molar-refractivity contribution < 1.29 is 14.5 Å². The molecule has 114 valence electrons. The molecule has 1 rings (SSSR count). The van der Waals surface area contributed by atoms with Crippen LogP contribution in [0.4, 0.5) is 11.4 Å². The lowest BCUT2D eigenvalue weighted by Crippen LogP contribution is -2.34. The Kier molecular flexibility index (Phi) is 6.66. The third-order valence-electron chi connectivity index (χ3n) is 2.59. The summed E-state index contributed by atoms with van der Waals surface area (Å²) in [5, 5.41) is 18.9. The number of nitrogens with zero attached hydrogens (tertiary/aromatic N) is 1. The molecule has 1 aromatic rings. The van der Waals surface area contributed by atoms with Crippen molar-refractivity contribution in [3.8, 4) is 0 Å². The molecule has 0 unspecified atom stereocenters. The lowest BCUT2D eigenvalue weighted by Gasteiger charge is -2.08. The van der Waals surface area contributed by atoms with E-state index in [-0.39, 0.29) is 30.5 Å². The van der Waals surface area contributed by atoms with Crippen molar-refractivity contribution in [1.82, 2.24) is 10.6 Å². The van der Waals surface area contributed by atoms with Crippen LogP contribution in [-0.4, -0.2) is 36.4 Å². The van der Waals surface area contributed by atoms with E-state index in [1.54, 1.807) is 18.2 Å². The normalized spacial score (nSPS) is 9.76. The minimum atomic E-state index is -0.476. The second-order valence-electron chi connectivity index (χ2n) is 4.28. The first-order chi connectivity index (χ1) is 10.0. The van der Waals surface area contributed by atoms with Gasteiger partial charge in [-0.25, -0.2) is 0 Å². The van der Waals surface area contributed by atoms with Gasteiger partial charge >= 0.3 is 0 Å². The summed E-state index contributed by atoms with van der Waals surface area (Å²) >= 11 is 0. The average Bonchev–Trinajstić information content (AvgIpc) is 2.44. The number of carbonyl (C=O) groups is 2. The molecule has 0 spiro atoms. The Morgan fingerprint density at radius 3 is 2.48 bits per heavy atom. The van der Waals surface area contributed by atoms with Crippen LogP contribution >= 0.6 is 0 Å². The van der Waals surface area contributed by atoms with E-state index in [4.69, 9.17) is 0 Å². The number of para-hydroxylation sites is 2. The second kappa shape index (κ2) is 8.51. The lowest BCUT2D eigenvalue weighted by atomic mass is 10.2. The van der Waals surface area contributed by atoms with Crippen LogP contribution in [0, 0.1) is 10.1 Å². The Hall–Kier alpha value is -2.64. The Bertz CT molecular complexity index is 519. The quantitative estimate of drug-likeness (QED) is 0.370. The van der Waals surface area contributed by atoms with Gasteiger partial charge in [0.25, 0.3) is 5.69 Å². The van der Waals surface area contributed by atoms with E-state index >= 15 is 0 Å². The summed E-state index contributed by atoms with van der Waals surface area (Å²) < 4.78 is 0. The van der Waals surface area contributed by atoms with Crippen LogP contribution in [-0.2, 0) is 9.59 Å². The van der Waals surface area contributed by atoms with Crippen molar-refractivity contribution >= 4 is 23.2 Å². The number of nitrogens with one attached hydrogen (secondary N) is 3. The molecular weight excluding hydrogens is 276 g/mol. The highest BCUT2D eigenvalue weighted by atomic mass is 16.6. The molecule has 2 amide bonds. The van der Waals surface area contributed by atoms with Crippen LogP contribution in [0.25, 0.3) is 0 Å². The van der Waals surface area contributed by atoms with Crippen LogP contribution in [0.1, 0.15) is 13.3 Å². The zero-order valence-corrected chi connectivity index (χ0v) is 11.7.